The average Bonchev–Trinajstić information content (AvgIpc) is 3.03. The van der Waals surface area contributed by atoms with E-state index in [4.69, 9.17) is 14.3 Å². The van der Waals surface area contributed by atoms with E-state index in [0.29, 0.717) is 22.6 Å². The molecule has 0 aliphatic carbocycles. The van der Waals surface area contributed by atoms with Gasteiger partial charge in [0, 0.05) is 11.1 Å². The molecule has 0 bridgehead atoms. The van der Waals surface area contributed by atoms with Crippen molar-refractivity contribution in [2.45, 2.75) is 4.90 Å². The zero-order valence-corrected chi connectivity index (χ0v) is 13.4. The van der Waals surface area contributed by atoms with Crippen LogP contribution < -0.4 is 9.88 Å². The Balaban J connectivity index is 2.03. The molecule has 0 spiro atoms. The van der Waals surface area contributed by atoms with Gasteiger partial charge in [-0.3, -0.25) is 0 Å². The fourth-order valence-corrected chi connectivity index (χ4v) is 2.78. The molecule has 0 saturated carbocycles. The van der Waals surface area contributed by atoms with Crippen molar-refractivity contribution in [1.82, 2.24) is 4.98 Å². The van der Waals surface area contributed by atoms with E-state index in [1.165, 1.54) is 37.8 Å². The maximum absolute atomic E-state index is 13.9. The van der Waals surface area contributed by atoms with Gasteiger partial charge in [0.2, 0.25) is 10.0 Å². The van der Waals surface area contributed by atoms with Crippen LogP contribution in [0.1, 0.15) is 0 Å². The molecule has 1 heterocycles. The SMILES string of the molecule is COc1ccc(-c2ocnc2-c2ccc(S(N)(=O)=O)cc2)cc1F. The van der Waals surface area contributed by atoms with Crippen molar-refractivity contribution in [2.24, 2.45) is 5.14 Å². The van der Waals surface area contributed by atoms with Crippen molar-refractivity contribution in [3.05, 3.63) is 54.7 Å². The summed E-state index contributed by atoms with van der Waals surface area (Å²) in [5.74, 6) is -0.0425. The van der Waals surface area contributed by atoms with Gasteiger partial charge in [-0.25, -0.2) is 22.9 Å². The van der Waals surface area contributed by atoms with Gasteiger partial charge in [-0.2, -0.15) is 0 Å². The summed E-state index contributed by atoms with van der Waals surface area (Å²) in [6, 6.07) is 10.3. The van der Waals surface area contributed by atoms with Gasteiger partial charge in [0.05, 0.1) is 12.0 Å². The average molecular weight is 348 g/mol. The summed E-state index contributed by atoms with van der Waals surface area (Å²) >= 11 is 0. The minimum Gasteiger partial charge on any atom is -0.494 e. The number of nitrogens with two attached hydrogens (primary N) is 1. The predicted octanol–water partition coefficient (Wildman–Crippen LogP) is 2.80. The summed E-state index contributed by atoms with van der Waals surface area (Å²) in [5, 5.41) is 5.08. The Hall–Kier alpha value is -2.71. The Morgan fingerprint density at radius 3 is 2.38 bits per heavy atom. The third-order valence-electron chi connectivity index (χ3n) is 3.44. The van der Waals surface area contributed by atoms with E-state index in [-0.39, 0.29) is 10.6 Å². The van der Waals surface area contributed by atoms with Gasteiger partial charge in [-0.05, 0) is 30.3 Å². The molecule has 0 atom stereocenters. The van der Waals surface area contributed by atoms with Crippen LogP contribution in [-0.2, 0) is 10.0 Å². The van der Waals surface area contributed by atoms with E-state index in [9.17, 15) is 12.8 Å². The number of halogens is 1. The van der Waals surface area contributed by atoms with Crippen LogP contribution in [0.3, 0.4) is 0 Å². The predicted molar refractivity (Wildman–Crippen MR) is 85.3 cm³/mol. The second kappa shape index (κ2) is 6.06. The topological polar surface area (TPSA) is 95.4 Å². The minimum atomic E-state index is -3.77. The summed E-state index contributed by atoms with van der Waals surface area (Å²) in [7, 11) is -2.39. The summed E-state index contributed by atoms with van der Waals surface area (Å²) in [6.07, 6.45) is 1.24. The lowest BCUT2D eigenvalue weighted by Gasteiger charge is -2.05. The molecule has 0 aliphatic heterocycles. The Morgan fingerprint density at radius 2 is 1.79 bits per heavy atom. The van der Waals surface area contributed by atoms with Crippen molar-refractivity contribution in [3.8, 4) is 28.3 Å². The molecular formula is C16H13FN2O4S. The lowest BCUT2D eigenvalue weighted by molar-refractivity contribution is 0.386. The first-order chi connectivity index (χ1) is 11.4. The molecule has 24 heavy (non-hydrogen) atoms. The third kappa shape index (κ3) is 3.01. The maximum atomic E-state index is 13.9. The Morgan fingerprint density at radius 1 is 1.12 bits per heavy atom. The number of primary sulfonamides is 1. The first kappa shape index (κ1) is 16.2. The zero-order valence-electron chi connectivity index (χ0n) is 12.6. The molecule has 2 aromatic carbocycles. The van der Waals surface area contributed by atoms with E-state index in [1.807, 2.05) is 0 Å². The molecular weight excluding hydrogens is 335 g/mol. The molecule has 0 radical (unpaired) electrons. The maximum Gasteiger partial charge on any atom is 0.238 e. The molecule has 3 aromatic rings. The van der Waals surface area contributed by atoms with Crippen LogP contribution in [0.4, 0.5) is 4.39 Å². The number of oxazole rings is 1. The number of sulfonamides is 1. The highest BCUT2D eigenvalue weighted by Gasteiger charge is 2.16. The molecule has 124 valence electrons. The number of ether oxygens (including phenoxy) is 1. The minimum absolute atomic E-state index is 0.00760. The monoisotopic (exact) mass is 348 g/mol. The fraction of sp³-hybridized carbons (Fsp3) is 0.0625. The second-order valence-corrected chi connectivity index (χ2v) is 6.51. The number of nitrogens with zero attached hydrogens (tertiary/aromatic N) is 1. The largest absolute Gasteiger partial charge is 0.494 e. The number of aromatic nitrogens is 1. The van der Waals surface area contributed by atoms with Gasteiger partial charge in [0.15, 0.2) is 23.7 Å². The molecule has 0 unspecified atom stereocenters. The smallest absolute Gasteiger partial charge is 0.238 e. The first-order valence-corrected chi connectivity index (χ1v) is 8.35. The highest BCUT2D eigenvalue weighted by molar-refractivity contribution is 7.89. The van der Waals surface area contributed by atoms with Gasteiger partial charge in [0.1, 0.15) is 5.69 Å². The van der Waals surface area contributed by atoms with Crippen molar-refractivity contribution < 1.29 is 22.0 Å². The molecule has 1 aromatic heterocycles. The van der Waals surface area contributed by atoms with Gasteiger partial charge < -0.3 is 9.15 Å². The molecule has 0 aliphatic rings. The van der Waals surface area contributed by atoms with Crippen LogP contribution in [-0.4, -0.2) is 20.5 Å². The van der Waals surface area contributed by atoms with Crippen molar-refractivity contribution in [1.29, 1.82) is 0 Å². The van der Waals surface area contributed by atoms with Crippen LogP contribution in [0, 0.1) is 5.82 Å². The summed E-state index contributed by atoms with van der Waals surface area (Å²) in [6.45, 7) is 0. The Bertz CT molecular complexity index is 982. The van der Waals surface area contributed by atoms with Gasteiger partial charge in [-0.1, -0.05) is 12.1 Å². The lowest BCUT2D eigenvalue weighted by Crippen LogP contribution is -2.11. The Labute approximate surface area is 137 Å². The number of hydrogen-bond acceptors (Lipinski definition) is 5. The van der Waals surface area contributed by atoms with Crippen LogP contribution in [0.25, 0.3) is 22.6 Å². The van der Waals surface area contributed by atoms with E-state index in [1.54, 1.807) is 18.2 Å². The molecule has 6 nitrogen and oxygen atoms in total. The zero-order chi connectivity index (χ0) is 17.3. The van der Waals surface area contributed by atoms with E-state index >= 15 is 0 Å². The summed E-state index contributed by atoms with van der Waals surface area (Å²) < 4.78 is 46.8. The molecule has 8 heteroatoms. The van der Waals surface area contributed by atoms with Gasteiger partial charge in [-0.15, -0.1) is 0 Å². The van der Waals surface area contributed by atoms with Gasteiger partial charge >= 0.3 is 0 Å². The molecule has 0 fully saturated rings. The molecule has 0 saturated heterocycles. The van der Waals surface area contributed by atoms with Crippen LogP contribution in [0.2, 0.25) is 0 Å². The standard InChI is InChI=1S/C16H13FN2O4S/c1-22-14-7-4-11(8-13(14)17)16-15(19-9-23-16)10-2-5-12(6-3-10)24(18,20)21/h2-9H,1H3,(H2,18,20,21). The number of benzene rings is 2. The van der Waals surface area contributed by atoms with Crippen molar-refractivity contribution >= 4 is 10.0 Å². The van der Waals surface area contributed by atoms with Crippen molar-refractivity contribution in [3.63, 3.8) is 0 Å². The first-order valence-electron chi connectivity index (χ1n) is 6.81. The van der Waals surface area contributed by atoms with Crippen LogP contribution in [0.15, 0.2) is 58.2 Å². The lowest BCUT2D eigenvalue weighted by atomic mass is 10.1. The number of methoxy groups -OCH3 is 1. The van der Waals surface area contributed by atoms with E-state index in [2.05, 4.69) is 4.98 Å². The highest BCUT2D eigenvalue weighted by atomic mass is 32.2. The van der Waals surface area contributed by atoms with Crippen LogP contribution >= 0.6 is 0 Å². The normalized spacial score (nSPS) is 11.5. The fourth-order valence-electron chi connectivity index (χ4n) is 2.27. The molecule has 3 rings (SSSR count). The number of rotatable bonds is 4. The third-order valence-corrected chi connectivity index (χ3v) is 4.37. The quantitative estimate of drug-likeness (QED) is 0.782. The summed E-state index contributed by atoms with van der Waals surface area (Å²) in [5.41, 5.74) is 1.55. The molecule has 0 amide bonds. The molecule has 2 N–H and O–H groups in total. The van der Waals surface area contributed by atoms with Gasteiger partial charge in [0.25, 0.3) is 0 Å². The van der Waals surface area contributed by atoms with Crippen molar-refractivity contribution in [2.75, 3.05) is 7.11 Å². The highest BCUT2D eigenvalue weighted by Crippen LogP contribution is 2.33. The second-order valence-electron chi connectivity index (χ2n) is 4.95. The van der Waals surface area contributed by atoms with E-state index in [0.717, 1.165) is 0 Å². The van der Waals surface area contributed by atoms with E-state index < -0.39 is 15.8 Å². The Kier molecular flexibility index (Phi) is 4.08. The number of hydrogen-bond donors (Lipinski definition) is 1. The summed E-state index contributed by atoms with van der Waals surface area (Å²) in [4.78, 5) is 4.12. The van der Waals surface area contributed by atoms with Crippen LogP contribution in [0.5, 0.6) is 5.75 Å².